The smallest absolute Gasteiger partial charge is 0.0412 e. The Kier molecular flexibility index (Phi) is 2.58. The van der Waals surface area contributed by atoms with Crippen LogP contribution in [0, 0.1) is 0 Å². The minimum atomic E-state index is 0.814. The highest BCUT2D eigenvalue weighted by Crippen LogP contribution is 2.34. The van der Waals surface area contributed by atoms with Crippen molar-refractivity contribution in [2.75, 3.05) is 0 Å². The molecule has 0 saturated carbocycles. The lowest BCUT2D eigenvalue weighted by molar-refractivity contribution is 1.06. The number of halogens is 1. The third kappa shape index (κ3) is 1.81. The van der Waals surface area contributed by atoms with E-state index in [0.29, 0.717) is 0 Å². The van der Waals surface area contributed by atoms with E-state index in [1.54, 1.807) is 0 Å². The van der Waals surface area contributed by atoms with E-state index in [1.165, 1.54) is 20.5 Å². The van der Waals surface area contributed by atoms with E-state index < -0.39 is 0 Å². The molecular weight excluding hydrogens is 236 g/mol. The van der Waals surface area contributed by atoms with Gasteiger partial charge in [0, 0.05) is 14.6 Å². The van der Waals surface area contributed by atoms with E-state index in [2.05, 4.69) is 30.4 Å². The van der Waals surface area contributed by atoms with Crippen molar-refractivity contribution in [3.63, 3.8) is 0 Å². The number of benzene rings is 1. The van der Waals surface area contributed by atoms with Crippen LogP contribution in [0.3, 0.4) is 0 Å². The predicted molar refractivity (Wildman–Crippen MR) is 73.2 cm³/mol. The molecule has 0 amide bonds. The average molecular weight is 247 g/mol. The fraction of sp³-hybridized carbons (Fsp3) is 0.143. The van der Waals surface area contributed by atoms with Gasteiger partial charge in [0.2, 0.25) is 0 Å². The van der Waals surface area contributed by atoms with Gasteiger partial charge in [-0.2, -0.15) is 0 Å². The van der Waals surface area contributed by atoms with Gasteiger partial charge in [-0.25, -0.2) is 0 Å². The Balaban J connectivity index is 2.11. The molecule has 0 saturated heterocycles. The Labute approximate surface area is 104 Å². The van der Waals surface area contributed by atoms with E-state index in [1.807, 2.05) is 23.5 Å². The van der Waals surface area contributed by atoms with Crippen molar-refractivity contribution >= 4 is 38.6 Å². The van der Waals surface area contributed by atoms with Gasteiger partial charge in [0.05, 0.1) is 0 Å². The van der Waals surface area contributed by atoms with E-state index in [4.69, 9.17) is 11.6 Å². The van der Waals surface area contributed by atoms with Crippen molar-refractivity contribution in [2.24, 2.45) is 0 Å². The monoisotopic (exact) mass is 246 g/mol. The SMILES string of the molecule is Clc1ccc2sc(C3=CC=CCC3)cc2c1. The summed E-state index contributed by atoms with van der Waals surface area (Å²) in [4.78, 5) is 1.38. The largest absolute Gasteiger partial charge is 0.136 e. The van der Waals surface area contributed by atoms with Crippen molar-refractivity contribution in [1.82, 2.24) is 0 Å². The summed E-state index contributed by atoms with van der Waals surface area (Å²) in [5.41, 5.74) is 1.44. The normalized spacial score (nSPS) is 15.4. The van der Waals surface area contributed by atoms with Crippen molar-refractivity contribution in [1.29, 1.82) is 0 Å². The Morgan fingerprint density at radius 2 is 2.12 bits per heavy atom. The Morgan fingerprint density at radius 3 is 2.94 bits per heavy atom. The standard InChI is InChI=1S/C14H11ClS/c15-12-6-7-13-11(8-12)9-14(16-13)10-4-2-1-3-5-10/h1-2,4,6-9H,3,5H2. The Morgan fingerprint density at radius 1 is 1.19 bits per heavy atom. The molecule has 2 aromatic rings. The molecule has 0 unspecified atom stereocenters. The summed E-state index contributed by atoms with van der Waals surface area (Å²) in [6.45, 7) is 0. The Hall–Kier alpha value is -1.05. The van der Waals surface area contributed by atoms with E-state index >= 15 is 0 Å². The number of allylic oxidation sites excluding steroid dienone is 4. The fourth-order valence-electron chi connectivity index (χ4n) is 1.98. The zero-order valence-corrected chi connectivity index (χ0v) is 10.3. The summed E-state index contributed by atoms with van der Waals surface area (Å²) in [6.07, 6.45) is 8.89. The summed E-state index contributed by atoms with van der Waals surface area (Å²) in [5, 5.41) is 2.07. The molecular formula is C14H11ClS. The van der Waals surface area contributed by atoms with Crippen molar-refractivity contribution < 1.29 is 0 Å². The van der Waals surface area contributed by atoms with Crippen LogP contribution in [0.2, 0.25) is 5.02 Å². The molecule has 2 heteroatoms. The third-order valence-electron chi connectivity index (χ3n) is 2.81. The van der Waals surface area contributed by atoms with Gasteiger partial charge in [-0.3, -0.25) is 0 Å². The van der Waals surface area contributed by atoms with Crippen molar-refractivity contribution in [3.8, 4) is 0 Å². The van der Waals surface area contributed by atoms with Crippen LogP contribution in [-0.4, -0.2) is 0 Å². The summed E-state index contributed by atoms with van der Waals surface area (Å²) < 4.78 is 1.31. The maximum absolute atomic E-state index is 5.99. The second kappa shape index (κ2) is 4.08. The molecule has 0 bridgehead atoms. The Bertz CT molecular complexity index is 590. The fourth-order valence-corrected chi connectivity index (χ4v) is 3.26. The van der Waals surface area contributed by atoms with Crippen LogP contribution in [0.4, 0.5) is 0 Å². The number of hydrogen-bond acceptors (Lipinski definition) is 1. The number of fused-ring (bicyclic) bond motifs is 1. The molecule has 0 spiro atoms. The molecule has 1 aromatic carbocycles. The first-order valence-corrected chi connectivity index (χ1v) is 6.57. The molecule has 3 rings (SSSR count). The molecule has 1 heterocycles. The van der Waals surface area contributed by atoms with Crippen LogP contribution < -0.4 is 0 Å². The minimum Gasteiger partial charge on any atom is -0.136 e. The highest BCUT2D eigenvalue weighted by atomic mass is 35.5. The molecule has 80 valence electrons. The third-order valence-corrected chi connectivity index (χ3v) is 4.24. The molecule has 0 fully saturated rings. The second-order valence-electron chi connectivity index (χ2n) is 3.95. The molecule has 0 aliphatic heterocycles. The first kappa shape index (κ1) is 10.1. The van der Waals surface area contributed by atoms with Gasteiger partial charge in [-0.15, -0.1) is 11.3 Å². The average Bonchev–Trinajstić information content (AvgIpc) is 2.73. The highest BCUT2D eigenvalue weighted by Gasteiger charge is 2.07. The van der Waals surface area contributed by atoms with Crippen molar-refractivity contribution in [2.45, 2.75) is 12.8 Å². The van der Waals surface area contributed by atoms with Gasteiger partial charge >= 0.3 is 0 Å². The molecule has 0 nitrogen and oxygen atoms in total. The number of hydrogen-bond donors (Lipinski definition) is 0. The number of thiophene rings is 1. The van der Waals surface area contributed by atoms with Crippen LogP contribution >= 0.6 is 22.9 Å². The maximum Gasteiger partial charge on any atom is 0.0412 e. The summed E-state index contributed by atoms with van der Waals surface area (Å²) in [5.74, 6) is 0. The van der Waals surface area contributed by atoms with Crippen LogP contribution in [0.25, 0.3) is 15.7 Å². The van der Waals surface area contributed by atoms with Crippen LogP contribution in [-0.2, 0) is 0 Å². The molecule has 1 aromatic heterocycles. The van der Waals surface area contributed by atoms with Crippen LogP contribution in [0.1, 0.15) is 17.7 Å². The summed E-state index contributed by atoms with van der Waals surface area (Å²) in [7, 11) is 0. The van der Waals surface area contributed by atoms with Gasteiger partial charge in [0.15, 0.2) is 0 Å². The topological polar surface area (TPSA) is 0 Å². The summed E-state index contributed by atoms with van der Waals surface area (Å²) >= 11 is 7.84. The van der Waals surface area contributed by atoms with Crippen molar-refractivity contribution in [3.05, 3.63) is 52.4 Å². The summed E-state index contributed by atoms with van der Waals surface area (Å²) in [6, 6.07) is 8.34. The van der Waals surface area contributed by atoms with Gasteiger partial charge in [0.25, 0.3) is 0 Å². The lowest BCUT2D eigenvalue weighted by Crippen LogP contribution is -1.83. The van der Waals surface area contributed by atoms with Gasteiger partial charge in [-0.05, 0) is 48.1 Å². The quantitative estimate of drug-likeness (QED) is 0.642. The first-order valence-electron chi connectivity index (χ1n) is 5.38. The highest BCUT2D eigenvalue weighted by molar-refractivity contribution is 7.20. The van der Waals surface area contributed by atoms with Crippen LogP contribution in [0.15, 0.2) is 42.5 Å². The van der Waals surface area contributed by atoms with E-state index in [9.17, 15) is 0 Å². The molecule has 0 N–H and O–H groups in total. The molecule has 0 radical (unpaired) electrons. The van der Waals surface area contributed by atoms with Crippen LogP contribution in [0.5, 0.6) is 0 Å². The van der Waals surface area contributed by atoms with Gasteiger partial charge in [-0.1, -0.05) is 29.8 Å². The van der Waals surface area contributed by atoms with E-state index in [-0.39, 0.29) is 0 Å². The lowest BCUT2D eigenvalue weighted by Gasteiger charge is -2.05. The lowest BCUT2D eigenvalue weighted by atomic mass is 10.0. The zero-order valence-electron chi connectivity index (χ0n) is 8.74. The second-order valence-corrected chi connectivity index (χ2v) is 5.47. The molecule has 1 aliphatic carbocycles. The minimum absolute atomic E-state index is 0.814. The van der Waals surface area contributed by atoms with Gasteiger partial charge in [0.1, 0.15) is 0 Å². The zero-order chi connectivity index (χ0) is 11.0. The van der Waals surface area contributed by atoms with Gasteiger partial charge < -0.3 is 0 Å². The number of rotatable bonds is 1. The van der Waals surface area contributed by atoms with E-state index in [0.717, 1.165) is 17.9 Å². The first-order chi connectivity index (χ1) is 7.83. The molecule has 1 aliphatic rings. The molecule has 0 atom stereocenters. The predicted octanol–water partition coefficient (Wildman–Crippen LogP) is 5.29. The maximum atomic E-state index is 5.99. The molecule has 16 heavy (non-hydrogen) atoms.